The third kappa shape index (κ3) is 4.54. The number of hydrazine groups is 2. The van der Waals surface area contributed by atoms with Crippen molar-refractivity contribution in [2.24, 2.45) is 0 Å². The molecule has 0 bridgehead atoms. The quantitative estimate of drug-likeness (QED) is 0.404. The second-order valence-electron chi connectivity index (χ2n) is 10.6. The van der Waals surface area contributed by atoms with Crippen molar-refractivity contribution in [1.82, 2.24) is 25.3 Å². The van der Waals surface area contributed by atoms with Crippen molar-refractivity contribution < 1.29 is 4.79 Å². The van der Waals surface area contributed by atoms with Crippen molar-refractivity contribution in [3.63, 3.8) is 0 Å². The Morgan fingerprint density at radius 1 is 1.08 bits per heavy atom. The highest BCUT2D eigenvalue weighted by Crippen LogP contribution is 2.34. The maximum absolute atomic E-state index is 13.3. The molecule has 0 saturated carbocycles. The number of aryl methyl sites for hydroxylation is 2. The van der Waals surface area contributed by atoms with E-state index in [1.807, 2.05) is 29.3 Å². The summed E-state index contributed by atoms with van der Waals surface area (Å²) in [5.74, 6) is 0.691. The van der Waals surface area contributed by atoms with Crippen LogP contribution in [0, 0.1) is 13.8 Å². The van der Waals surface area contributed by atoms with Crippen molar-refractivity contribution in [1.29, 1.82) is 0 Å². The minimum absolute atomic E-state index is 0.0764. The fourth-order valence-electron chi connectivity index (χ4n) is 5.96. The molecule has 9 heteroatoms. The zero-order valence-corrected chi connectivity index (χ0v) is 22.1. The van der Waals surface area contributed by atoms with Crippen LogP contribution in [-0.4, -0.2) is 50.8 Å². The molecule has 6 rings (SSSR count). The summed E-state index contributed by atoms with van der Waals surface area (Å²) in [4.78, 5) is 27.2. The molecule has 2 atom stereocenters. The first-order valence-electron chi connectivity index (χ1n) is 13.2. The number of carbonyl (C=O) groups is 1. The maximum Gasteiger partial charge on any atom is 0.254 e. The van der Waals surface area contributed by atoms with Gasteiger partial charge in [0.15, 0.2) is 0 Å². The summed E-state index contributed by atoms with van der Waals surface area (Å²) in [7, 11) is 0. The number of piperidine rings is 1. The van der Waals surface area contributed by atoms with Gasteiger partial charge in [0.1, 0.15) is 0 Å². The van der Waals surface area contributed by atoms with Crippen LogP contribution in [0.1, 0.15) is 52.5 Å². The predicted octanol–water partition coefficient (Wildman–Crippen LogP) is 4.62. The molecule has 9 nitrogen and oxygen atoms in total. The van der Waals surface area contributed by atoms with Gasteiger partial charge in [-0.3, -0.25) is 4.79 Å². The highest BCUT2D eigenvalue weighted by atomic mass is 16.2. The fourth-order valence-corrected chi connectivity index (χ4v) is 5.96. The molecular formula is C29H34N8O. The maximum atomic E-state index is 13.3. The highest BCUT2D eigenvalue weighted by Gasteiger charge is 2.35. The summed E-state index contributed by atoms with van der Waals surface area (Å²) >= 11 is 0. The third-order valence-corrected chi connectivity index (χ3v) is 7.80. The smallest absolute Gasteiger partial charge is 0.254 e. The molecule has 1 aromatic heterocycles. The average Bonchev–Trinajstić information content (AvgIpc) is 3.36. The monoisotopic (exact) mass is 510 g/mol. The summed E-state index contributed by atoms with van der Waals surface area (Å²) in [6.07, 6.45) is 4.55. The highest BCUT2D eigenvalue weighted by molar-refractivity contribution is 5.97. The Morgan fingerprint density at radius 3 is 2.66 bits per heavy atom. The van der Waals surface area contributed by atoms with E-state index in [1.165, 1.54) is 11.1 Å². The number of amides is 1. The molecule has 2 aromatic carbocycles. The normalized spacial score (nSPS) is 20.3. The number of anilines is 4. The first-order chi connectivity index (χ1) is 18.4. The zero-order valence-electron chi connectivity index (χ0n) is 22.1. The molecule has 3 aliphatic rings. The van der Waals surface area contributed by atoms with Crippen LogP contribution in [0.5, 0.6) is 0 Å². The van der Waals surface area contributed by atoms with Crippen molar-refractivity contribution in [2.75, 3.05) is 29.3 Å². The second kappa shape index (κ2) is 9.64. The van der Waals surface area contributed by atoms with E-state index < -0.39 is 0 Å². The van der Waals surface area contributed by atoms with Crippen molar-refractivity contribution in [3.05, 3.63) is 77.1 Å². The molecule has 1 amide bonds. The van der Waals surface area contributed by atoms with Gasteiger partial charge in [0, 0.05) is 60.3 Å². The lowest BCUT2D eigenvalue weighted by atomic mass is 9.92. The number of fused-ring (bicyclic) bond motifs is 2. The Bertz CT molecular complexity index is 1400. The first kappa shape index (κ1) is 24.2. The molecule has 3 aliphatic heterocycles. The van der Waals surface area contributed by atoms with Gasteiger partial charge < -0.3 is 26.0 Å². The molecule has 3 aromatic rings. The molecule has 4 heterocycles. The number of nitrogens with zero attached hydrogens (tertiary/aromatic N) is 4. The third-order valence-electron chi connectivity index (χ3n) is 7.80. The summed E-state index contributed by atoms with van der Waals surface area (Å²) < 4.78 is 0. The van der Waals surface area contributed by atoms with E-state index in [2.05, 4.69) is 77.1 Å². The molecule has 4 N–H and O–H groups in total. The van der Waals surface area contributed by atoms with E-state index in [9.17, 15) is 4.79 Å². The standard InChI is InChI=1S/C29H34N8O/c1-17-11-18(2)13-22(12-17)31-29-30-16-24-20(4)37(10-8-25(24)32-29)23-7-9-36(19(3)14-23)28(38)21-5-6-26-27(15-21)34-35-33-26/h5-6,11-13,15-16,19,23,33-35H,4,7-10,14H2,1-3H3,(H,30,31,32)/t19-,23-/m1/s1. The Hall–Kier alpha value is -4.11. The van der Waals surface area contributed by atoms with E-state index in [0.717, 1.165) is 66.4 Å². The molecule has 1 saturated heterocycles. The van der Waals surface area contributed by atoms with Crippen LogP contribution in [0.3, 0.4) is 0 Å². The summed E-state index contributed by atoms with van der Waals surface area (Å²) in [5, 5.41) is 3.36. The van der Waals surface area contributed by atoms with Crippen LogP contribution in [-0.2, 0) is 6.42 Å². The minimum Gasteiger partial charge on any atom is -0.368 e. The summed E-state index contributed by atoms with van der Waals surface area (Å²) in [6, 6.07) is 12.5. The van der Waals surface area contributed by atoms with Crippen molar-refractivity contribution >= 4 is 34.6 Å². The van der Waals surface area contributed by atoms with Crippen LogP contribution in [0.4, 0.5) is 23.0 Å². The van der Waals surface area contributed by atoms with E-state index in [-0.39, 0.29) is 11.9 Å². The van der Waals surface area contributed by atoms with Gasteiger partial charge in [0.25, 0.3) is 5.91 Å². The van der Waals surface area contributed by atoms with E-state index in [0.29, 0.717) is 17.6 Å². The van der Waals surface area contributed by atoms with Gasteiger partial charge >= 0.3 is 0 Å². The number of carbonyl (C=O) groups excluding carboxylic acids is 1. The second-order valence-corrected chi connectivity index (χ2v) is 10.6. The zero-order chi connectivity index (χ0) is 26.4. The van der Waals surface area contributed by atoms with Crippen molar-refractivity contribution in [3.8, 4) is 0 Å². The Kier molecular flexibility index (Phi) is 6.15. The van der Waals surface area contributed by atoms with Gasteiger partial charge in [-0.05, 0) is 75.1 Å². The Balaban J connectivity index is 1.12. The molecule has 0 aliphatic carbocycles. The largest absolute Gasteiger partial charge is 0.368 e. The molecular weight excluding hydrogens is 476 g/mol. The number of rotatable bonds is 4. The average molecular weight is 511 g/mol. The van der Waals surface area contributed by atoms with Gasteiger partial charge in [-0.15, -0.1) is 5.53 Å². The molecule has 0 radical (unpaired) electrons. The van der Waals surface area contributed by atoms with Crippen molar-refractivity contribution in [2.45, 2.75) is 52.1 Å². The first-order valence-corrected chi connectivity index (χ1v) is 13.2. The van der Waals surface area contributed by atoms with E-state index >= 15 is 0 Å². The van der Waals surface area contributed by atoms with E-state index in [1.54, 1.807) is 0 Å². The number of hydrogen-bond donors (Lipinski definition) is 4. The number of hydrogen-bond acceptors (Lipinski definition) is 8. The van der Waals surface area contributed by atoms with Gasteiger partial charge in [0.05, 0.1) is 17.1 Å². The van der Waals surface area contributed by atoms with Gasteiger partial charge in [0.2, 0.25) is 5.95 Å². The molecule has 0 spiro atoms. The van der Waals surface area contributed by atoms with Crippen LogP contribution < -0.4 is 21.7 Å². The SMILES string of the molecule is C=C1c2cnc(Nc3cc(C)cc(C)c3)nc2CCN1[C@@H]1CCN(C(=O)c2ccc3c(c2)NNN3)[C@H](C)C1. The van der Waals surface area contributed by atoms with Crippen LogP contribution >= 0.6 is 0 Å². The van der Waals surface area contributed by atoms with Gasteiger partial charge in [-0.25, -0.2) is 9.97 Å². The number of aromatic nitrogens is 2. The van der Waals surface area contributed by atoms with Gasteiger partial charge in [-0.1, -0.05) is 12.6 Å². The molecule has 196 valence electrons. The molecule has 0 unspecified atom stereocenters. The minimum atomic E-state index is 0.0764. The Morgan fingerprint density at radius 2 is 1.87 bits per heavy atom. The number of benzene rings is 2. The van der Waals surface area contributed by atoms with Crippen LogP contribution in [0.15, 0.2) is 49.2 Å². The Labute approximate surface area is 223 Å². The number of likely N-dealkylation sites (tertiary alicyclic amines) is 1. The lowest BCUT2D eigenvalue weighted by Gasteiger charge is -2.45. The molecule has 1 fully saturated rings. The van der Waals surface area contributed by atoms with Crippen LogP contribution in [0.2, 0.25) is 0 Å². The number of nitrogens with one attached hydrogen (secondary N) is 4. The van der Waals surface area contributed by atoms with Crippen LogP contribution in [0.25, 0.3) is 5.70 Å². The fraction of sp³-hybridized carbons (Fsp3) is 0.345. The lowest BCUT2D eigenvalue weighted by Crippen LogP contribution is -2.51. The van der Waals surface area contributed by atoms with E-state index in [4.69, 9.17) is 4.98 Å². The topological polar surface area (TPSA) is 97.5 Å². The summed E-state index contributed by atoms with van der Waals surface area (Å²) in [5.41, 5.74) is 17.9. The lowest BCUT2D eigenvalue weighted by molar-refractivity contribution is 0.0539. The summed E-state index contributed by atoms with van der Waals surface area (Å²) in [6.45, 7) is 12.3. The van der Waals surface area contributed by atoms with Gasteiger partial charge in [-0.2, -0.15) is 0 Å². The predicted molar refractivity (Wildman–Crippen MR) is 151 cm³/mol. The molecule has 38 heavy (non-hydrogen) atoms.